The number of alkyl halides is 3. The minimum Gasteiger partial charge on any atom is -0.467 e. The van der Waals surface area contributed by atoms with Gasteiger partial charge >= 0.3 is 12.1 Å². The molecule has 0 radical (unpaired) electrons. The molecule has 2 aromatic carbocycles. The van der Waals surface area contributed by atoms with Crippen LogP contribution in [0.3, 0.4) is 0 Å². The van der Waals surface area contributed by atoms with E-state index in [1.54, 1.807) is 31.2 Å². The summed E-state index contributed by atoms with van der Waals surface area (Å²) >= 11 is 11.3. The summed E-state index contributed by atoms with van der Waals surface area (Å²) in [5, 5.41) is 9.39. The molecule has 0 bridgehead atoms. The normalized spacial score (nSPS) is 18.7. The Labute approximate surface area is 181 Å². The lowest BCUT2D eigenvalue weighted by atomic mass is 9.95. The molecule has 1 unspecified atom stereocenters. The maximum absolute atomic E-state index is 12.7. The maximum atomic E-state index is 12.7. The van der Waals surface area contributed by atoms with Crippen LogP contribution in [0, 0.1) is 0 Å². The Balaban J connectivity index is 1.85. The monoisotopic (exact) mass is 455 g/mol. The van der Waals surface area contributed by atoms with Gasteiger partial charge in [-0.3, -0.25) is 0 Å². The molecule has 5 nitrogen and oxygen atoms in total. The number of rotatable bonds is 4. The number of benzene rings is 2. The van der Waals surface area contributed by atoms with Gasteiger partial charge < -0.3 is 10.1 Å². The van der Waals surface area contributed by atoms with E-state index in [-0.39, 0.29) is 11.4 Å². The standard InChI is InChI=1S/C20H17ClF3N3O2S/c1-19(18(28)29-2)11-16(26-27(19)15-9-5-13(21)6-10-15)17(30)25-14-7-3-12(4-8-14)20(22,23)24/h3-10H,11H2,1-2H3,(H,25,30). The Morgan fingerprint density at radius 3 is 2.33 bits per heavy atom. The molecule has 0 saturated heterocycles. The van der Waals surface area contributed by atoms with Gasteiger partial charge in [0.1, 0.15) is 4.99 Å². The molecule has 0 fully saturated rings. The first-order valence-electron chi connectivity index (χ1n) is 8.75. The van der Waals surface area contributed by atoms with Gasteiger partial charge in [0.15, 0.2) is 5.54 Å². The second kappa shape index (κ2) is 8.23. The van der Waals surface area contributed by atoms with Gasteiger partial charge in [0.2, 0.25) is 0 Å². The third-order valence-electron chi connectivity index (χ3n) is 4.63. The van der Waals surface area contributed by atoms with Crippen molar-refractivity contribution in [3.8, 4) is 0 Å². The lowest BCUT2D eigenvalue weighted by Crippen LogP contribution is -2.48. The Hall–Kier alpha value is -2.65. The van der Waals surface area contributed by atoms with Crippen LogP contribution in [0.1, 0.15) is 18.9 Å². The molecule has 1 atom stereocenters. The summed E-state index contributed by atoms with van der Waals surface area (Å²) in [5.41, 5.74) is -0.527. The number of thiocarbonyl (C=S) groups is 1. The summed E-state index contributed by atoms with van der Waals surface area (Å²) in [6.07, 6.45) is -4.27. The van der Waals surface area contributed by atoms with E-state index in [0.717, 1.165) is 12.1 Å². The van der Waals surface area contributed by atoms with Crippen LogP contribution in [0.5, 0.6) is 0 Å². The number of esters is 1. The van der Waals surface area contributed by atoms with Gasteiger partial charge in [-0.2, -0.15) is 18.3 Å². The molecule has 30 heavy (non-hydrogen) atoms. The van der Waals surface area contributed by atoms with E-state index in [9.17, 15) is 18.0 Å². The minimum atomic E-state index is -4.42. The number of halogens is 4. The molecule has 0 aliphatic carbocycles. The minimum absolute atomic E-state index is 0.148. The zero-order chi connectivity index (χ0) is 22.1. The summed E-state index contributed by atoms with van der Waals surface area (Å²) in [5.74, 6) is -0.506. The molecular weight excluding hydrogens is 439 g/mol. The molecule has 3 rings (SSSR count). The number of hydrazone groups is 1. The van der Waals surface area contributed by atoms with Gasteiger partial charge in [-0.25, -0.2) is 9.80 Å². The highest BCUT2D eigenvalue weighted by Gasteiger charge is 2.47. The first kappa shape index (κ1) is 22.0. The number of ether oxygens (including phenoxy) is 1. The number of hydrogen-bond acceptors (Lipinski definition) is 5. The zero-order valence-corrected chi connectivity index (χ0v) is 17.5. The van der Waals surface area contributed by atoms with Crippen LogP contribution in [-0.4, -0.2) is 29.3 Å². The van der Waals surface area contributed by atoms with Gasteiger partial charge in [0, 0.05) is 17.1 Å². The van der Waals surface area contributed by atoms with Gasteiger partial charge in [-0.15, -0.1) is 0 Å². The molecule has 1 heterocycles. The van der Waals surface area contributed by atoms with Crippen molar-refractivity contribution in [2.75, 3.05) is 17.4 Å². The lowest BCUT2D eigenvalue weighted by Gasteiger charge is -2.31. The van der Waals surface area contributed by atoms with Crippen LogP contribution in [0.15, 0.2) is 53.6 Å². The third-order valence-corrected chi connectivity index (χ3v) is 5.22. The van der Waals surface area contributed by atoms with E-state index < -0.39 is 23.2 Å². The van der Waals surface area contributed by atoms with Crippen LogP contribution in [0.4, 0.5) is 24.5 Å². The van der Waals surface area contributed by atoms with E-state index in [2.05, 4.69) is 10.4 Å². The SMILES string of the molecule is COC(=O)C1(C)CC(C(=S)Nc2ccc(C(F)(F)F)cc2)=NN1c1ccc(Cl)cc1. The number of methoxy groups -OCH3 is 1. The average Bonchev–Trinajstić information content (AvgIpc) is 3.06. The van der Waals surface area contributed by atoms with Crippen LogP contribution >= 0.6 is 23.8 Å². The molecule has 158 valence electrons. The van der Waals surface area contributed by atoms with Gasteiger partial charge in [0.25, 0.3) is 0 Å². The topological polar surface area (TPSA) is 53.9 Å². The highest BCUT2D eigenvalue weighted by molar-refractivity contribution is 7.82. The fourth-order valence-electron chi connectivity index (χ4n) is 3.04. The first-order chi connectivity index (χ1) is 14.0. The molecule has 1 N–H and O–H groups in total. The summed E-state index contributed by atoms with van der Waals surface area (Å²) < 4.78 is 43.1. The van der Waals surface area contributed by atoms with Crippen LogP contribution in [-0.2, 0) is 15.7 Å². The van der Waals surface area contributed by atoms with E-state index in [4.69, 9.17) is 28.6 Å². The predicted octanol–water partition coefficient (Wildman–Crippen LogP) is 5.30. The largest absolute Gasteiger partial charge is 0.467 e. The van der Waals surface area contributed by atoms with Crippen molar-refractivity contribution in [1.29, 1.82) is 0 Å². The van der Waals surface area contributed by atoms with Crippen LogP contribution < -0.4 is 10.3 Å². The molecular formula is C20H17ClF3N3O2S. The molecule has 0 saturated carbocycles. The van der Waals surface area contributed by atoms with E-state index >= 15 is 0 Å². The maximum Gasteiger partial charge on any atom is 0.416 e. The lowest BCUT2D eigenvalue weighted by molar-refractivity contribution is -0.146. The van der Waals surface area contributed by atoms with Crippen molar-refractivity contribution >= 4 is 51.9 Å². The number of carbonyl (C=O) groups is 1. The Kier molecular flexibility index (Phi) is 6.05. The second-order valence-corrected chi connectivity index (χ2v) is 7.65. The molecule has 0 spiro atoms. The van der Waals surface area contributed by atoms with Crippen LogP contribution in [0.2, 0.25) is 5.02 Å². The molecule has 1 aliphatic heterocycles. The van der Waals surface area contributed by atoms with Crippen molar-refractivity contribution in [3.05, 3.63) is 59.1 Å². The van der Waals surface area contributed by atoms with Gasteiger partial charge in [0.05, 0.1) is 24.1 Å². The fraction of sp³-hybridized carbons (Fsp3) is 0.250. The molecule has 0 amide bonds. The zero-order valence-electron chi connectivity index (χ0n) is 16.0. The highest BCUT2D eigenvalue weighted by Crippen LogP contribution is 2.35. The van der Waals surface area contributed by atoms with Gasteiger partial charge in [-0.05, 0) is 55.5 Å². The van der Waals surface area contributed by atoms with Crippen molar-refractivity contribution in [1.82, 2.24) is 0 Å². The highest BCUT2D eigenvalue weighted by atomic mass is 35.5. The number of hydrogen-bond donors (Lipinski definition) is 1. The average molecular weight is 456 g/mol. The Morgan fingerprint density at radius 1 is 1.20 bits per heavy atom. The molecule has 10 heteroatoms. The molecule has 2 aromatic rings. The van der Waals surface area contributed by atoms with Crippen molar-refractivity contribution in [2.45, 2.75) is 25.1 Å². The smallest absolute Gasteiger partial charge is 0.416 e. The number of nitrogens with zero attached hydrogens (tertiary/aromatic N) is 2. The fourth-order valence-corrected chi connectivity index (χ4v) is 3.40. The second-order valence-electron chi connectivity index (χ2n) is 6.81. The van der Waals surface area contributed by atoms with Crippen molar-refractivity contribution < 1.29 is 22.7 Å². The van der Waals surface area contributed by atoms with Crippen LogP contribution in [0.25, 0.3) is 0 Å². The molecule has 1 aliphatic rings. The Morgan fingerprint density at radius 2 is 1.80 bits per heavy atom. The third kappa shape index (κ3) is 4.41. The summed E-state index contributed by atoms with van der Waals surface area (Å²) in [6, 6.07) is 11.2. The molecule has 0 aromatic heterocycles. The van der Waals surface area contributed by atoms with Crippen molar-refractivity contribution in [2.24, 2.45) is 5.10 Å². The summed E-state index contributed by atoms with van der Waals surface area (Å²) in [6.45, 7) is 1.67. The number of carbonyl (C=O) groups excluding carboxylic acids is 1. The quantitative estimate of drug-likeness (QED) is 0.501. The Bertz CT molecular complexity index is 994. The summed E-state index contributed by atoms with van der Waals surface area (Å²) in [7, 11) is 1.28. The number of anilines is 2. The van der Waals surface area contributed by atoms with E-state index in [1.165, 1.54) is 24.3 Å². The van der Waals surface area contributed by atoms with Gasteiger partial charge in [-0.1, -0.05) is 23.8 Å². The van der Waals surface area contributed by atoms with E-state index in [1.807, 2.05) is 0 Å². The van der Waals surface area contributed by atoms with Crippen molar-refractivity contribution in [3.63, 3.8) is 0 Å². The predicted molar refractivity (Wildman–Crippen MR) is 114 cm³/mol. The number of nitrogens with one attached hydrogen (secondary N) is 1. The summed E-state index contributed by atoms with van der Waals surface area (Å²) in [4.78, 5) is 12.7. The van der Waals surface area contributed by atoms with E-state index in [0.29, 0.717) is 22.1 Å². The first-order valence-corrected chi connectivity index (χ1v) is 9.53.